The second-order valence-corrected chi connectivity index (χ2v) is 5.00. The van der Waals surface area contributed by atoms with E-state index in [0.717, 1.165) is 51.7 Å². The molecule has 0 unspecified atom stereocenters. The van der Waals surface area contributed by atoms with Gasteiger partial charge in [-0.3, -0.25) is 4.79 Å². The Bertz CT molecular complexity index is 273. The summed E-state index contributed by atoms with van der Waals surface area (Å²) in [6, 6.07) is 0. The normalized spacial score (nSPS) is 45.7. The predicted octanol–water partition coefficient (Wildman–Crippen LogP) is 1.84. The number of ketones is 1. The van der Waals surface area contributed by atoms with E-state index in [1.807, 2.05) is 0 Å². The van der Waals surface area contributed by atoms with E-state index in [4.69, 9.17) is 9.47 Å². The van der Waals surface area contributed by atoms with Crippen LogP contribution in [0, 0.1) is 0 Å². The Morgan fingerprint density at radius 1 is 0.933 bits per heavy atom. The fourth-order valence-corrected chi connectivity index (χ4v) is 3.62. The van der Waals surface area contributed by atoms with Gasteiger partial charge >= 0.3 is 0 Å². The van der Waals surface area contributed by atoms with Crippen molar-refractivity contribution in [2.45, 2.75) is 56.1 Å². The van der Waals surface area contributed by atoms with Crippen LogP contribution < -0.4 is 0 Å². The van der Waals surface area contributed by atoms with Crippen molar-refractivity contribution in [2.75, 3.05) is 13.2 Å². The van der Waals surface area contributed by atoms with E-state index < -0.39 is 5.60 Å². The largest absolute Gasteiger partial charge is 0.371 e. The van der Waals surface area contributed by atoms with Crippen molar-refractivity contribution in [1.82, 2.24) is 0 Å². The summed E-state index contributed by atoms with van der Waals surface area (Å²) in [6.07, 6.45) is 6.66. The van der Waals surface area contributed by atoms with Crippen molar-refractivity contribution in [3.8, 4) is 0 Å². The molecular weight excluding hydrogens is 192 g/mol. The molecule has 1 saturated carbocycles. The SMILES string of the molecule is O=C1CCC[C@@]2(CCCO2)[C@@]12CCCO2. The lowest BCUT2D eigenvalue weighted by atomic mass is 9.68. The minimum absolute atomic E-state index is 0.251. The highest BCUT2D eigenvalue weighted by molar-refractivity contribution is 5.90. The lowest BCUT2D eigenvalue weighted by Gasteiger charge is -2.46. The molecule has 2 aliphatic heterocycles. The Labute approximate surface area is 90.1 Å². The van der Waals surface area contributed by atoms with Crippen LogP contribution in [0.3, 0.4) is 0 Å². The highest BCUT2D eigenvalue weighted by Crippen LogP contribution is 2.50. The number of hydrogen-bond donors (Lipinski definition) is 0. The average molecular weight is 210 g/mol. The van der Waals surface area contributed by atoms with Crippen LogP contribution in [0.2, 0.25) is 0 Å². The predicted molar refractivity (Wildman–Crippen MR) is 54.7 cm³/mol. The minimum atomic E-state index is -0.554. The second-order valence-electron chi connectivity index (χ2n) is 5.00. The van der Waals surface area contributed by atoms with Gasteiger partial charge in [0.1, 0.15) is 5.60 Å². The molecule has 3 nitrogen and oxygen atoms in total. The first-order valence-corrected chi connectivity index (χ1v) is 6.10. The zero-order chi connectivity index (χ0) is 10.4. The second kappa shape index (κ2) is 3.29. The van der Waals surface area contributed by atoms with Gasteiger partial charge in [-0.15, -0.1) is 0 Å². The summed E-state index contributed by atoms with van der Waals surface area (Å²) in [5, 5.41) is 0. The molecule has 2 atom stereocenters. The van der Waals surface area contributed by atoms with Crippen molar-refractivity contribution >= 4 is 5.78 Å². The minimum Gasteiger partial charge on any atom is -0.371 e. The van der Waals surface area contributed by atoms with E-state index in [9.17, 15) is 4.79 Å². The molecule has 15 heavy (non-hydrogen) atoms. The van der Waals surface area contributed by atoms with Crippen LogP contribution >= 0.6 is 0 Å². The number of ether oxygens (including phenoxy) is 2. The van der Waals surface area contributed by atoms with Gasteiger partial charge in [0, 0.05) is 19.6 Å². The molecule has 3 aliphatic rings. The Balaban J connectivity index is 2.00. The summed E-state index contributed by atoms with van der Waals surface area (Å²) in [5.41, 5.74) is -0.805. The van der Waals surface area contributed by atoms with E-state index in [1.54, 1.807) is 0 Å². The highest BCUT2D eigenvalue weighted by Gasteiger charge is 2.62. The van der Waals surface area contributed by atoms with Crippen molar-refractivity contribution in [3.63, 3.8) is 0 Å². The summed E-state index contributed by atoms with van der Waals surface area (Å²) in [7, 11) is 0. The molecule has 0 aromatic heterocycles. The quantitative estimate of drug-likeness (QED) is 0.612. The van der Waals surface area contributed by atoms with Crippen molar-refractivity contribution in [2.24, 2.45) is 0 Å². The summed E-state index contributed by atoms with van der Waals surface area (Å²) in [4.78, 5) is 12.2. The molecule has 84 valence electrons. The van der Waals surface area contributed by atoms with Crippen LogP contribution in [0.15, 0.2) is 0 Å². The van der Waals surface area contributed by atoms with Crippen molar-refractivity contribution < 1.29 is 14.3 Å². The molecule has 1 aliphatic carbocycles. The van der Waals surface area contributed by atoms with Gasteiger partial charge in [0.15, 0.2) is 11.4 Å². The van der Waals surface area contributed by atoms with Gasteiger partial charge in [-0.2, -0.15) is 0 Å². The van der Waals surface area contributed by atoms with E-state index in [1.165, 1.54) is 0 Å². The lowest BCUT2D eigenvalue weighted by molar-refractivity contribution is -0.191. The van der Waals surface area contributed by atoms with E-state index in [0.29, 0.717) is 12.2 Å². The molecule has 3 fully saturated rings. The van der Waals surface area contributed by atoms with Gasteiger partial charge < -0.3 is 9.47 Å². The van der Waals surface area contributed by atoms with Gasteiger partial charge in [0.25, 0.3) is 0 Å². The molecule has 0 aromatic carbocycles. The van der Waals surface area contributed by atoms with E-state index in [-0.39, 0.29) is 5.60 Å². The molecule has 2 spiro atoms. The molecule has 0 amide bonds. The third kappa shape index (κ3) is 1.16. The van der Waals surface area contributed by atoms with Crippen LogP contribution in [-0.2, 0) is 14.3 Å². The fraction of sp³-hybridized carbons (Fsp3) is 0.917. The standard InChI is InChI=1S/C12H18O3/c13-10-4-1-5-11(6-2-8-14-11)12(10)7-3-9-15-12/h1-9H2/t11-,12-/m1/s1. The van der Waals surface area contributed by atoms with Gasteiger partial charge in [-0.1, -0.05) is 0 Å². The number of fused-ring (bicyclic) bond motifs is 1. The Morgan fingerprint density at radius 3 is 2.33 bits per heavy atom. The maximum Gasteiger partial charge on any atom is 0.167 e. The Hall–Kier alpha value is -0.410. The summed E-state index contributed by atoms with van der Waals surface area (Å²) < 4.78 is 11.8. The number of carbonyl (C=O) groups is 1. The first-order valence-electron chi connectivity index (χ1n) is 6.10. The maximum atomic E-state index is 12.2. The average Bonchev–Trinajstić information content (AvgIpc) is 2.84. The molecule has 3 heteroatoms. The third-order valence-corrected chi connectivity index (χ3v) is 4.30. The number of rotatable bonds is 0. The van der Waals surface area contributed by atoms with Crippen LogP contribution in [-0.4, -0.2) is 30.2 Å². The third-order valence-electron chi connectivity index (χ3n) is 4.30. The summed E-state index contributed by atoms with van der Waals surface area (Å²) in [5.74, 6) is 0.299. The molecule has 2 saturated heterocycles. The van der Waals surface area contributed by atoms with E-state index >= 15 is 0 Å². The van der Waals surface area contributed by atoms with Crippen molar-refractivity contribution in [1.29, 1.82) is 0 Å². The molecule has 0 bridgehead atoms. The van der Waals surface area contributed by atoms with Gasteiger partial charge in [-0.25, -0.2) is 0 Å². The molecule has 0 N–H and O–H groups in total. The zero-order valence-electron chi connectivity index (χ0n) is 9.09. The van der Waals surface area contributed by atoms with Crippen LogP contribution in [0.4, 0.5) is 0 Å². The number of carbonyl (C=O) groups excluding carboxylic acids is 1. The Kier molecular flexibility index (Phi) is 2.15. The zero-order valence-corrected chi connectivity index (χ0v) is 9.09. The van der Waals surface area contributed by atoms with E-state index in [2.05, 4.69) is 0 Å². The van der Waals surface area contributed by atoms with Gasteiger partial charge in [-0.05, 0) is 38.5 Å². The number of Topliss-reactive ketones (excluding diaryl/α,β-unsaturated/α-hetero) is 1. The van der Waals surface area contributed by atoms with Gasteiger partial charge in [0.05, 0.1) is 0 Å². The molecular formula is C12H18O3. The molecule has 3 rings (SSSR count). The molecule has 0 radical (unpaired) electrons. The maximum absolute atomic E-state index is 12.2. The Morgan fingerprint density at radius 2 is 1.67 bits per heavy atom. The van der Waals surface area contributed by atoms with Crippen LogP contribution in [0.25, 0.3) is 0 Å². The smallest absolute Gasteiger partial charge is 0.167 e. The summed E-state index contributed by atoms with van der Waals surface area (Å²) in [6.45, 7) is 1.54. The van der Waals surface area contributed by atoms with Crippen LogP contribution in [0.5, 0.6) is 0 Å². The highest BCUT2D eigenvalue weighted by atomic mass is 16.6. The van der Waals surface area contributed by atoms with Gasteiger partial charge in [0.2, 0.25) is 0 Å². The summed E-state index contributed by atoms with van der Waals surface area (Å²) >= 11 is 0. The van der Waals surface area contributed by atoms with Crippen LogP contribution in [0.1, 0.15) is 44.9 Å². The topological polar surface area (TPSA) is 35.5 Å². The first kappa shape index (κ1) is 9.79. The fourth-order valence-electron chi connectivity index (χ4n) is 3.62. The van der Waals surface area contributed by atoms with Crippen molar-refractivity contribution in [3.05, 3.63) is 0 Å². The molecule has 2 heterocycles. The number of hydrogen-bond acceptors (Lipinski definition) is 3. The monoisotopic (exact) mass is 210 g/mol. The first-order chi connectivity index (χ1) is 7.29. The lowest BCUT2D eigenvalue weighted by Crippen LogP contribution is -2.61. The molecule has 0 aromatic rings.